The van der Waals surface area contributed by atoms with Gasteiger partial charge in [-0.3, -0.25) is 4.79 Å². The Morgan fingerprint density at radius 1 is 1.33 bits per heavy atom. The summed E-state index contributed by atoms with van der Waals surface area (Å²) in [4.78, 5) is 23.3. The number of amides is 1. The number of nitrogens with two attached hydrogens (primary N) is 1. The van der Waals surface area contributed by atoms with Gasteiger partial charge in [-0.15, -0.1) is 11.3 Å². The molecule has 0 saturated carbocycles. The van der Waals surface area contributed by atoms with Gasteiger partial charge in [0, 0.05) is 4.88 Å². The van der Waals surface area contributed by atoms with Crippen molar-refractivity contribution in [3.8, 4) is 0 Å². The molecule has 3 N–H and O–H groups in total. The van der Waals surface area contributed by atoms with Gasteiger partial charge in [-0.25, -0.2) is 9.97 Å². The highest BCUT2D eigenvalue weighted by Crippen LogP contribution is 2.37. The third-order valence-corrected chi connectivity index (χ3v) is 5.43. The van der Waals surface area contributed by atoms with Crippen LogP contribution in [0.3, 0.4) is 0 Å². The summed E-state index contributed by atoms with van der Waals surface area (Å²) in [5.74, 6) is 1.53. The Hall–Kier alpha value is -2.41. The Morgan fingerprint density at radius 3 is 3.04 bits per heavy atom. The highest BCUT2D eigenvalue weighted by atomic mass is 32.1. The van der Waals surface area contributed by atoms with Crippen molar-refractivity contribution in [2.45, 2.75) is 38.6 Å². The number of nitrogens with one attached hydrogen (secondary N) is 1. The molecule has 0 bridgehead atoms. The number of aryl methyl sites for hydroxylation is 2. The molecule has 0 atom stereocenters. The summed E-state index contributed by atoms with van der Waals surface area (Å²) in [6, 6.07) is 3.61. The monoisotopic (exact) mass is 342 g/mol. The lowest BCUT2D eigenvalue weighted by molar-refractivity contribution is -0.120. The number of thiophene rings is 1. The van der Waals surface area contributed by atoms with Crippen molar-refractivity contribution < 1.29 is 9.21 Å². The highest BCUT2D eigenvalue weighted by molar-refractivity contribution is 7.19. The summed E-state index contributed by atoms with van der Waals surface area (Å²) >= 11 is 1.69. The van der Waals surface area contributed by atoms with Crippen LogP contribution in [0.1, 0.15) is 34.9 Å². The Morgan fingerprint density at radius 2 is 2.21 bits per heavy atom. The van der Waals surface area contributed by atoms with Gasteiger partial charge in [-0.1, -0.05) is 0 Å². The molecule has 24 heavy (non-hydrogen) atoms. The summed E-state index contributed by atoms with van der Waals surface area (Å²) in [6.07, 6.45) is 6.24. The Labute approximate surface area is 143 Å². The van der Waals surface area contributed by atoms with Gasteiger partial charge in [-0.2, -0.15) is 0 Å². The number of nitrogens with zero attached hydrogens (tertiary/aromatic N) is 2. The number of furan rings is 1. The molecule has 3 aromatic rings. The summed E-state index contributed by atoms with van der Waals surface area (Å²) in [5, 5.41) is 3.79. The number of fused-ring (bicyclic) bond motifs is 3. The van der Waals surface area contributed by atoms with Crippen molar-refractivity contribution in [3.63, 3.8) is 0 Å². The molecule has 0 aliphatic heterocycles. The van der Waals surface area contributed by atoms with Crippen LogP contribution in [0.2, 0.25) is 0 Å². The summed E-state index contributed by atoms with van der Waals surface area (Å²) < 4.78 is 5.19. The van der Waals surface area contributed by atoms with E-state index in [4.69, 9.17) is 10.2 Å². The lowest BCUT2D eigenvalue weighted by Crippen LogP contribution is -2.25. The number of hydrogen-bond donors (Lipinski definition) is 2. The van der Waals surface area contributed by atoms with Crippen molar-refractivity contribution in [3.05, 3.63) is 40.4 Å². The van der Waals surface area contributed by atoms with E-state index in [0.29, 0.717) is 23.9 Å². The van der Waals surface area contributed by atoms with Crippen LogP contribution in [0, 0.1) is 0 Å². The topological polar surface area (TPSA) is 94.0 Å². The fourth-order valence-electron chi connectivity index (χ4n) is 3.12. The number of aromatic nitrogens is 2. The number of carbonyl (C=O) groups excluding carboxylic acids is 1. The normalized spacial score (nSPS) is 13.8. The maximum atomic E-state index is 12.1. The lowest BCUT2D eigenvalue weighted by Gasteiger charge is -2.10. The molecule has 0 fully saturated rings. The van der Waals surface area contributed by atoms with Crippen LogP contribution in [0.15, 0.2) is 22.8 Å². The van der Waals surface area contributed by atoms with E-state index in [1.54, 1.807) is 23.7 Å². The van der Waals surface area contributed by atoms with Gasteiger partial charge in [0.25, 0.3) is 0 Å². The molecule has 1 aliphatic rings. The molecule has 0 spiro atoms. The first-order valence-electron chi connectivity index (χ1n) is 8.06. The smallest absolute Gasteiger partial charge is 0.228 e. The lowest BCUT2D eigenvalue weighted by atomic mass is 9.97. The van der Waals surface area contributed by atoms with Crippen LogP contribution in [-0.4, -0.2) is 15.9 Å². The molecule has 3 aromatic heterocycles. The first-order valence-corrected chi connectivity index (χ1v) is 8.88. The second-order valence-corrected chi connectivity index (χ2v) is 7.03. The quantitative estimate of drug-likeness (QED) is 0.760. The van der Waals surface area contributed by atoms with E-state index in [9.17, 15) is 4.79 Å². The number of hydrogen-bond acceptors (Lipinski definition) is 6. The van der Waals surface area contributed by atoms with E-state index in [-0.39, 0.29) is 12.3 Å². The maximum absolute atomic E-state index is 12.1. The van der Waals surface area contributed by atoms with E-state index in [1.807, 2.05) is 6.07 Å². The van der Waals surface area contributed by atoms with Crippen molar-refractivity contribution >= 4 is 33.3 Å². The largest absolute Gasteiger partial charge is 0.467 e. The van der Waals surface area contributed by atoms with Gasteiger partial charge < -0.3 is 15.5 Å². The van der Waals surface area contributed by atoms with Gasteiger partial charge in [-0.05, 0) is 43.4 Å². The molecule has 1 amide bonds. The Balaban J connectivity index is 1.53. The summed E-state index contributed by atoms with van der Waals surface area (Å²) in [5.41, 5.74) is 7.47. The first kappa shape index (κ1) is 15.1. The van der Waals surface area contributed by atoms with E-state index >= 15 is 0 Å². The first-order chi connectivity index (χ1) is 11.7. The SMILES string of the molecule is Nc1nc(CC(=O)NCc2ccco2)nc2sc3c(c12)CCCC3. The van der Waals surface area contributed by atoms with Crippen LogP contribution in [-0.2, 0) is 30.6 Å². The summed E-state index contributed by atoms with van der Waals surface area (Å²) in [7, 11) is 0. The Kier molecular flexibility index (Phi) is 3.93. The van der Waals surface area contributed by atoms with Gasteiger partial charge in [0.1, 0.15) is 22.2 Å². The molecule has 0 radical (unpaired) electrons. The molecule has 0 saturated heterocycles. The van der Waals surface area contributed by atoms with Gasteiger partial charge >= 0.3 is 0 Å². The Bertz CT molecular complexity index is 886. The van der Waals surface area contributed by atoms with Crippen LogP contribution in [0.25, 0.3) is 10.2 Å². The predicted molar refractivity (Wildman–Crippen MR) is 92.7 cm³/mol. The molecule has 6 nitrogen and oxygen atoms in total. The number of anilines is 1. The van der Waals surface area contributed by atoms with Crippen molar-refractivity contribution in [1.82, 2.24) is 15.3 Å². The molecule has 1 aliphatic carbocycles. The van der Waals surface area contributed by atoms with E-state index < -0.39 is 0 Å². The maximum Gasteiger partial charge on any atom is 0.228 e. The second-order valence-electron chi connectivity index (χ2n) is 5.95. The minimum absolute atomic E-state index is 0.114. The zero-order chi connectivity index (χ0) is 16.5. The minimum atomic E-state index is -0.147. The second kappa shape index (κ2) is 6.24. The standard InChI is InChI=1S/C17H18N4O2S/c18-16-15-11-5-1-2-6-12(11)24-17(15)21-13(20-16)8-14(22)19-9-10-4-3-7-23-10/h3-4,7H,1-2,5-6,8-9H2,(H,19,22)(H2,18,20,21). The van der Waals surface area contributed by atoms with Gasteiger partial charge in [0.05, 0.1) is 24.6 Å². The summed E-state index contributed by atoms with van der Waals surface area (Å²) in [6.45, 7) is 0.358. The van der Waals surface area contributed by atoms with Gasteiger partial charge in [0.15, 0.2) is 0 Å². The third kappa shape index (κ3) is 2.87. The van der Waals surface area contributed by atoms with Gasteiger partial charge in [0.2, 0.25) is 5.91 Å². The number of nitrogen functional groups attached to an aromatic ring is 1. The van der Waals surface area contributed by atoms with E-state index in [2.05, 4.69) is 15.3 Å². The van der Waals surface area contributed by atoms with Crippen LogP contribution < -0.4 is 11.1 Å². The number of carbonyl (C=O) groups is 1. The molecule has 0 aromatic carbocycles. The molecular weight excluding hydrogens is 324 g/mol. The van der Waals surface area contributed by atoms with Crippen LogP contribution >= 0.6 is 11.3 Å². The molecular formula is C17H18N4O2S. The predicted octanol–water partition coefficient (Wildman–Crippen LogP) is 2.60. The molecule has 0 unspecified atom stereocenters. The van der Waals surface area contributed by atoms with Crippen molar-refractivity contribution in [1.29, 1.82) is 0 Å². The zero-order valence-electron chi connectivity index (χ0n) is 13.2. The van der Waals surface area contributed by atoms with E-state index in [1.165, 1.54) is 23.3 Å². The van der Waals surface area contributed by atoms with E-state index in [0.717, 1.165) is 23.1 Å². The number of rotatable bonds is 4. The fourth-order valence-corrected chi connectivity index (χ4v) is 4.40. The van der Waals surface area contributed by atoms with Crippen LogP contribution in [0.4, 0.5) is 5.82 Å². The molecule has 7 heteroatoms. The van der Waals surface area contributed by atoms with Crippen molar-refractivity contribution in [2.75, 3.05) is 5.73 Å². The highest BCUT2D eigenvalue weighted by Gasteiger charge is 2.20. The van der Waals surface area contributed by atoms with Crippen molar-refractivity contribution in [2.24, 2.45) is 0 Å². The third-order valence-electron chi connectivity index (χ3n) is 4.25. The zero-order valence-corrected chi connectivity index (χ0v) is 14.0. The fraction of sp³-hybridized carbons (Fsp3) is 0.353. The molecule has 3 heterocycles. The van der Waals surface area contributed by atoms with Crippen LogP contribution in [0.5, 0.6) is 0 Å². The average Bonchev–Trinajstić information content (AvgIpc) is 3.20. The molecule has 124 valence electrons. The molecule has 4 rings (SSSR count). The minimum Gasteiger partial charge on any atom is -0.467 e. The average molecular weight is 342 g/mol.